The van der Waals surface area contributed by atoms with Crippen LogP contribution in [0.2, 0.25) is 0 Å². The second-order valence-corrected chi connectivity index (χ2v) is 8.96. The minimum absolute atomic E-state index is 0.0930. The van der Waals surface area contributed by atoms with Gasteiger partial charge in [0.2, 0.25) is 0 Å². The number of nitrogens with two attached hydrogens (primary N) is 1. The molecule has 2 rings (SSSR count). The Morgan fingerprint density at radius 2 is 1.45 bits per heavy atom. The average molecular weight is 445 g/mol. The van der Waals surface area contributed by atoms with Gasteiger partial charge in [0.05, 0.1) is 18.6 Å². The molecule has 0 aliphatic heterocycles. The first-order chi connectivity index (χ1) is 15.8. The van der Waals surface area contributed by atoms with Crippen molar-refractivity contribution in [3.05, 3.63) is 121 Å². The highest BCUT2D eigenvalue weighted by molar-refractivity contribution is 5.27. The van der Waals surface area contributed by atoms with Gasteiger partial charge in [0.15, 0.2) is 0 Å². The molecule has 0 bridgehead atoms. The van der Waals surface area contributed by atoms with Gasteiger partial charge in [0.25, 0.3) is 0 Å². The van der Waals surface area contributed by atoms with Gasteiger partial charge in [-0.3, -0.25) is 0 Å². The lowest BCUT2D eigenvalue weighted by Crippen LogP contribution is -2.38. The molecule has 0 saturated heterocycles. The molecule has 4 heteroatoms. The molecule has 2 aromatic rings. The maximum Gasteiger partial charge on any atom is 0.0904 e. The Hall–Kier alpha value is -3.40. The molecule has 0 aliphatic carbocycles. The predicted octanol–water partition coefficient (Wildman–Crippen LogP) is 5.56. The topological polar surface area (TPSA) is 62.1 Å². The summed E-state index contributed by atoms with van der Waals surface area (Å²) in [6, 6.07) is 20.4. The third-order valence-electron chi connectivity index (χ3n) is 5.45. The van der Waals surface area contributed by atoms with Crippen LogP contribution in [-0.4, -0.2) is 12.6 Å². The molecule has 0 aliphatic rings. The van der Waals surface area contributed by atoms with E-state index in [-0.39, 0.29) is 12.1 Å². The van der Waals surface area contributed by atoms with Crippen LogP contribution in [0.4, 0.5) is 0 Å². The summed E-state index contributed by atoms with van der Waals surface area (Å²) < 4.78 is 0. The molecule has 5 N–H and O–H groups in total. The van der Waals surface area contributed by atoms with E-state index in [1.54, 1.807) is 0 Å². The van der Waals surface area contributed by atoms with Crippen LogP contribution in [0.3, 0.4) is 0 Å². The third-order valence-corrected chi connectivity index (χ3v) is 5.45. The summed E-state index contributed by atoms with van der Waals surface area (Å²) in [5.41, 5.74) is 11.7. The molecule has 2 aromatic carbocycles. The lowest BCUT2D eigenvalue weighted by Gasteiger charge is -2.27. The van der Waals surface area contributed by atoms with E-state index in [1.807, 2.05) is 36.4 Å². The van der Waals surface area contributed by atoms with E-state index >= 15 is 0 Å². The number of benzene rings is 2. The normalized spacial score (nSPS) is 12.5. The first-order valence-corrected chi connectivity index (χ1v) is 11.6. The Balaban J connectivity index is 1.89. The van der Waals surface area contributed by atoms with Crippen molar-refractivity contribution in [2.75, 3.05) is 6.54 Å². The quantitative estimate of drug-likeness (QED) is 0.291. The summed E-state index contributed by atoms with van der Waals surface area (Å²) in [4.78, 5) is 0. The lowest BCUT2D eigenvalue weighted by atomic mass is 10.0. The summed E-state index contributed by atoms with van der Waals surface area (Å²) in [6.07, 6.45) is 2.81. The zero-order valence-corrected chi connectivity index (χ0v) is 20.2. The molecular formula is C29H40N4. The van der Waals surface area contributed by atoms with Crippen LogP contribution >= 0.6 is 0 Å². The number of allylic oxidation sites excluding steroid dienone is 1. The van der Waals surface area contributed by atoms with Gasteiger partial charge in [-0.05, 0) is 36.3 Å². The van der Waals surface area contributed by atoms with Gasteiger partial charge in [-0.15, -0.1) is 0 Å². The van der Waals surface area contributed by atoms with Crippen LogP contribution in [0, 0.1) is 5.92 Å². The fourth-order valence-corrected chi connectivity index (χ4v) is 3.65. The Labute approximate surface area is 200 Å². The van der Waals surface area contributed by atoms with E-state index in [0.717, 1.165) is 41.9 Å². The second-order valence-electron chi connectivity index (χ2n) is 8.96. The zero-order chi connectivity index (χ0) is 24.2. The molecule has 4 nitrogen and oxygen atoms in total. The van der Waals surface area contributed by atoms with Gasteiger partial charge in [-0.1, -0.05) is 101 Å². The van der Waals surface area contributed by atoms with Crippen molar-refractivity contribution < 1.29 is 0 Å². The largest absolute Gasteiger partial charge is 0.401 e. The summed E-state index contributed by atoms with van der Waals surface area (Å²) in [7, 11) is 0. The molecule has 176 valence electrons. The summed E-state index contributed by atoms with van der Waals surface area (Å²) in [5.74, 6) is 0.521. The Morgan fingerprint density at radius 1 is 0.848 bits per heavy atom. The molecule has 0 heterocycles. The van der Waals surface area contributed by atoms with Crippen molar-refractivity contribution in [3.63, 3.8) is 0 Å². The first kappa shape index (κ1) is 25.9. The molecule has 2 unspecified atom stereocenters. The van der Waals surface area contributed by atoms with Crippen molar-refractivity contribution in [1.82, 2.24) is 16.0 Å². The van der Waals surface area contributed by atoms with Crippen LogP contribution in [0.15, 0.2) is 110 Å². The molecule has 0 radical (unpaired) electrons. The molecule has 0 saturated carbocycles. The number of nitrogens with one attached hydrogen (secondary N) is 3. The molecule has 0 aromatic heterocycles. The standard InChI is InChI=1S/C29H40N4/c1-21(2)19-28(32-22(3)17-18-26-13-9-7-10-14-26)25(6)31-20-23(4)33-29(24(5)30)27-15-11-8-12-16-27/h7-16,21,28-29,31-33H,3-6,17-20,30H2,1-2H3. The number of aryl methyl sites for hydroxylation is 1. The molecule has 2 atom stereocenters. The summed E-state index contributed by atoms with van der Waals surface area (Å²) in [6.45, 7) is 21.6. The number of rotatable bonds is 15. The Bertz CT molecular complexity index is 915. The Kier molecular flexibility index (Phi) is 10.4. The van der Waals surface area contributed by atoms with Crippen LogP contribution in [0.5, 0.6) is 0 Å². The molecule has 0 spiro atoms. The van der Waals surface area contributed by atoms with Gasteiger partial charge in [0.1, 0.15) is 0 Å². The SMILES string of the molecule is C=C(CCc1ccccc1)NC(CC(C)C)C(=C)NCC(=C)NC(C(=C)N)c1ccccc1. The van der Waals surface area contributed by atoms with Gasteiger partial charge in [-0.2, -0.15) is 0 Å². The smallest absolute Gasteiger partial charge is 0.0904 e. The highest BCUT2D eigenvalue weighted by Gasteiger charge is 2.17. The fraction of sp³-hybridized carbons (Fsp3) is 0.310. The maximum absolute atomic E-state index is 6.05. The van der Waals surface area contributed by atoms with Crippen molar-refractivity contribution in [3.8, 4) is 0 Å². The van der Waals surface area contributed by atoms with E-state index in [0.29, 0.717) is 18.2 Å². The van der Waals surface area contributed by atoms with Crippen molar-refractivity contribution in [2.24, 2.45) is 11.7 Å². The van der Waals surface area contributed by atoms with E-state index < -0.39 is 0 Å². The third kappa shape index (κ3) is 9.32. The van der Waals surface area contributed by atoms with Crippen molar-refractivity contribution in [1.29, 1.82) is 0 Å². The van der Waals surface area contributed by atoms with Gasteiger partial charge >= 0.3 is 0 Å². The predicted molar refractivity (Wildman–Crippen MR) is 142 cm³/mol. The monoisotopic (exact) mass is 444 g/mol. The van der Waals surface area contributed by atoms with E-state index in [2.05, 4.69) is 80.4 Å². The van der Waals surface area contributed by atoms with E-state index in [9.17, 15) is 0 Å². The highest BCUT2D eigenvalue weighted by Crippen LogP contribution is 2.18. The first-order valence-electron chi connectivity index (χ1n) is 11.6. The summed E-state index contributed by atoms with van der Waals surface area (Å²) >= 11 is 0. The molecule has 0 amide bonds. The van der Waals surface area contributed by atoms with Gasteiger partial charge < -0.3 is 21.7 Å². The minimum atomic E-state index is -0.184. The van der Waals surface area contributed by atoms with E-state index in [1.165, 1.54) is 5.56 Å². The van der Waals surface area contributed by atoms with E-state index in [4.69, 9.17) is 5.73 Å². The van der Waals surface area contributed by atoms with Crippen LogP contribution in [-0.2, 0) is 6.42 Å². The fourth-order valence-electron chi connectivity index (χ4n) is 3.65. The van der Waals surface area contributed by atoms with Crippen LogP contribution < -0.4 is 21.7 Å². The average Bonchev–Trinajstić information content (AvgIpc) is 2.80. The highest BCUT2D eigenvalue weighted by atomic mass is 15.0. The summed E-state index contributed by atoms with van der Waals surface area (Å²) in [5, 5.41) is 10.4. The maximum atomic E-state index is 6.05. The number of hydrogen-bond acceptors (Lipinski definition) is 4. The van der Waals surface area contributed by atoms with Gasteiger partial charge in [0, 0.05) is 22.8 Å². The lowest BCUT2D eigenvalue weighted by molar-refractivity contribution is 0.464. The van der Waals surface area contributed by atoms with Gasteiger partial charge in [-0.25, -0.2) is 0 Å². The van der Waals surface area contributed by atoms with Crippen molar-refractivity contribution >= 4 is 0 Å². The molecule has 0 fully saturated rings. The minimum Gasteiger partial charge on any atom is -0.401 e. The Morgan fingerprint density at radius 3 is 2.03 bits per heavy atom. The zero-order valence-electron chi connectivity index (χ0n) is 20.2. The van der Waals surface area contributed by atoms with Crippen LogP contribution in [0.25, 0.3) is 0 Å². The second kappa shape index (κ2) is 13.2. The molecule has 33 heavy (non-hydrogen) atoms. The van der Waals surface area contributed by atoms with Crippen LogP contribution in [0.1, 0.15) is 43.9 Å². The van der Waals surface area contributed by atoms with Crippen molar-refractivity contribution in [2.45, 2.75) is 45.2 Å². The molecular weight excluding hydrogens is 404 g/mol. The number of hydrogen-bond donors (Lipinski definition) is 4.